The number of nitrogens with zero attached hydrogens (tertiary/aromatic N) is 2. The Kier molecular flexibility index (Phi) is 4.71. The predicted molar refractivity (Wildman–Crippen MR) is 92.4 cm³/mol. The van der Waals surface area contributed by atoms with Crippen molar-refractivity contribution in [2.75, 3.05) is 20.8 Å². The van der Waals surface area contributed by atoms with Crippen LogP contribution in [0.3, 0.4) is 0 Å². The van der Waals surface area contributed by atoms with E-state index in [2.05, 4.69) is 17.1 Å². The van der Waals surface area contributed by atoms with Gasteiger partial charge in [-0.2, -0.15) is 0 Å². The Balaban J connectivity index is 2.00. The molecule has 0 aliphatic carbocycles. The van der Waals surface area contributed by atoms with Gasteiger partial charge in [-0.3, -0.25) is 9.98 Å². The van der Waals surface area contributed by atoms with Crippen LogP contribution in [0.5, 0.6) is 11.5 Å². The molecule has 0 atom stereocenters. The lowest BCUT2D eigenvalue weighted by Crippen LogP contribution is -2.12. The van der Waals surface area contributed by atoms with Gasteiger partial charge in [-0.15, -0.1) is 0 Å². The summed E-state index contributed by atoms with van der Waals surface area (Å²) in [6.07, 6.45) is 7.87. The van der Waals surface area contributed by atoms with Crippen LogP contribution in [-0.2, 0) is 0 Å². The molecule has 4 heteroatoms. The molecular formula is C19H20N2O2. The lowest BCUT2D eigenvalue weighted by Gasteiger charge is -2.17. The van der Waals surface area contributed by atoms with E-state index in [1.54, 1.807) is 20.4 Å². The summed E-state index contributed by atoms with van der Waals surface area (Å²) in [4.78, 5) is 8.92. The molecule has 0 saturated heterocycles. The predicted octanol–water partition coefficient (Wildman–Crippen LogP) is 3.77. The normalized spacial score (nSPS) is 16.1. The third-order valence-corrected chi connectivity index (χ3v) is 3.88. The fourth-order valence-corrected chi connectivity index (χ4v) is 2.73. The van der Waals surface area contributed by atoms with Crippen molar-refractivity contribution in [2.45, 2.75) is 12.8 Å². The highest BCUT2D eigenvalue weighted by atomic mass is 16.5. The summed E-state index contributed by atoms with van der Waals surface area (Å²) < 4.78 is 10.8. The molecule has 4 nitrogen and oxygen atoms in total. The summed E-state index contributed by atoms with van der Waals surface area (Å²) in [5.74, 6) is 1.58. The van der Waals surface area contributed by atoms with Gasteiger partial charge in [-0.1, -0.05) is 0 Å². The number of methoxy groups -OCH3 is 2. The first-order chi connectivity index (χ1) is 11.3. The summed E-state index contributed by atoms with van der Waals surface area (Å²) >= 11 is 0. The number of aliphatic imine (C=N–C) groups is 1. The minimum absolute atomic E-state index is 0.786. The fraction of sp³-hybridized carbons (Fsp3) is 0.263. The second kappa shape index (κ2) is 7.09. The number of benzene rings is 1. The third-order valence-electron chi connectivity index (χ3n) is 3.88. The van der Waals surface area contributed by atoms with Crippen molar-refractivity contribution in [3.05, 3.63) is 59.4 Å². The Morgan fingerprint density at radius 2 is 2.04 bits per heavy atom. The molecule has 0 radical (unpaired) electrons. The molecule has 1 aromatic heterocycles. The standard InChI is InChI=1S/C19H20N2O2/c1-22-17-8-7-14(18(12-17)23-2)11-15-5-4-10-21-19(15)16-6-3-9-20-13-16/h3,6-9,11-13H,4-5,10H2,1-2H3/b15-11+. The van der Waals surface area contributed by atoms with Crippen molar-refractivity contribution >= 4 is 11.8 Å². The van der Waals surface area contributed by atoms with Gasteiger partial charge in [0.1, 0.15) is 11.5 Å². The third kappa shape index (κ3) is 3.42. The topological polar surface area (TPSA) is 43.7 Å². The molecule has 118 valence electrons. The molecule has 0 unspecified atom stereocenters. The van der Waals surface area contributed by atoms with E-state index < -0.39 is 0 Å². The van der Waals surface area contributed by atoms with Crippen LogP contribution in [-0.4, -0.2) is 31.5 Å². The number of aromatic nitrogens is 1. The van der Waals surface area contributed by atoms with Crippen LogP contribution in [0, 0.1) is 0 Å². The molecule has 0 N–H and O–H groups in total. The van der Waals surface area contributed by atoms with Gasteiger partial charge >= 0.3 is 0 Å². The molecule has 0 saturated carbocycles. The van der Waals surface area contributed by atoms with E-state index in [1.807, 2.05) is 30.5 Å². The maximum atomic E-state index is 5.49. The van der Waals surface area contributed by atoms with Crippen molar-refractivity contribution in [1.82, 2.24) is 4.98 Å². The minimum atomic E-state index is 0.786. The maximum absolute atomic E-state index is 5.49. The molecule has 1 aromatic carbocycles. The van der Waals surface area contributed by atoms with Gasteiger partial charge in [0.15, 0.2) is 0 Å². The zero-order valence-electron chi connectivity index (χ0n) is 13.5. The molecule has 1 aliphatic rings. The van der Waals surface area contributed by atoms with Gasteiger partial charge in [0.2, 0.25) is 0 Å². The second-order valence-electron chi connectivity index (χ2n) is 5.35. The first kappa shape index (κ1) is 15.3. The van der Waals surface area contributed by atoms with Crippen molar-refractivity contribution in [1.29, 1.82) is 0 Å². The Hall–Kier alpha value is -2.62. The highest BCUT2D eigenvalue weighted by Crippen LogP contribution is 2.29. The zero-order chi connectivity index (χ0) is 16.1. The summed E-state index contributed by atoms with van der Waals surface area (Å²) in [5, 5.41) is 0. The molecule has 0 spiro atoms. The van der Waals surface area contributed by atoms with Crippen molar-refractivity contribution in [3.8, 4) is 11.5 Å². The van der Waals surface area contributed by atoms with Gasteiger partial charge in [0.05, 0.1) is 19.9 Å². The largest absolute Gasteiger partial charge is 0.497 e. The van der Waals surface area contributed by atoms with Crippen molar-refractivity contribution in [2.24, 2.45) is 4.99 Å². The molecule has 0 fully saturated rings. The maximum Gasteiger partial charge on any atom is 0.129 e. The molecule has 23 heavy (non-hydrogen) atoms. The molecule has 1 aliphatic heterocycles. The van der Waals surface area contributed by atoms with Crippen LogP contribution >= 0.6 is 0 Å². The average Bonchev–Trinajstić information content (AvgIpc) is 2.63. The zero-order valence-corrected chi connectivity index (χ0v) is 13.5. The van der Waals surface area contributed by atoms with E-state index in [1.165, 1.54) is 5.57 Å². The Labute approximate surface area is 136 Å². The number of pyridine rings is 1. The molecule has 0 bridgehead atoms. The molecule has 3 rings (SSSR count). The number of hydrogen-bond acceptors (Lipinski definition) is 4. The number of ether oxygens (including phenoxy) is 2. The first-order valence-electron chi connectivity index (χ1n) is 7.69. The Morgan fingerprint density at radius 1 is 1.13 bits per heavy atom. The van der Waals surface area contributed by atoms with Crippen LogP contribution < -0.4 is 9.47 Å². The number of hydrogen-bond donors (Lipinski definition) is 0. The van der Waals surface area contributed by atoms with Crippen LogP contribution in [0.25, 0.3) is 6.08 Å². The second-order valence-corrected chi connectivity index (χ2v) is 5.35. The van der Waals surface area contributed by atoms with E-state index in [0.717, 1.165) is 47.7 Å². The SMILES string of the molecule is COc1ccc(/C=C2\CCCN=C2c2cccnc2)c(OC)c1. The van der Waals surface area contributed by atoms with Gasteiger partial charge < -0.3 is 9.47 Å². The summed E-state index contributed by atoms with van der Waals surface area (Å²) in [6.45, 7) is 0.862. The molecule has 2 aromatic rings. The average molecular weight is 308 g/mol. The highest BCUT2D eigenvalue weighted by Gasteiger charge is 2.15. The fourth-order valence-electron chi connectivity index (χ4n) is 2.73. The molecule has 2 heterocycles. The van der Waals surface area contributed by atoms with Crippen LogP contribution in [0.2, 0.25) is 0 Å². The molecule has 0 amide bonds. The molecular weight excluding hydrogens is 288 g/mol. The van der Waals surface area contributed by atoms with Crippen LogP contribution in [0.4, 0.5) is 0 Å². The quantitative estimate of drug-likeness (QED) is 0.863. The van der Waals surface area contributed by atoms with E-state index in [0.29, 0.717) is 0 Å². The van der Waals surface area contributed by atoms with Crippen LogP contribution in [0.15, 0.2) is 53.3 Å². The minimum Gasteiger partial charge on any atom is -0.497 e. The summed E-state index contributed by atoms with van der Waals surface area (Å²) in [7, 11) is 3.33. The lowest BCUT2D eigenvalue weighted by molar-refractivity contribution is 0.393. The number of allylic oxidation sites excluding steroid dienone is 1. The van der Waals surface area contributed by atoms with Gasteiger partial charge in [-0.05, 0) is 48.8 Å². The van der Waals surface area contributed by atoms with Gasteiger partial charge in [-0.25, -0.2) is 0 Å². The van der Waals surface area contributed by atoms with E-state index in [-0.39, 0.29) is 0 Å². The van der Waals surface area contributed by atoms with E-state index >= 15 is 0 Å². The van der Waals surface area contributed by atoms with E-state index in [4.69, 9.17) is 14.5 Å². The summed E-state index contributed by atoms with van der Waals surface area (Å²) in [6, 6.07) is 9.85. The van der Waals surface area contributed by atoms with E-state index in [9.17, 15) is 0 Å². The lowest BCUT2D eigenvalue weighted by atomic mass is 9.94. The van der Waals surface area contributed by atoms with Crippen LogP contribution in [0.1, 0.15) is 24.0 Å². The number of rotatable bonds is 4. The Bertz CT molecular complexity index is 736. The van der Waals surface area contributed by atoms with Gasteiger partial charge in [0, 0.05) is 36.1 Å². The van der Waals surface area contributed by atoms with Crippen molar-refractivity contribution < 1.29 is 9.47 Å². The smallest absolute Gasteiger partial charge is 0.129 e. The first-order valence-corrected chi connectivity index (χ1v) is 7.69. The summed E-state index contributed by atoms with van der Waals surface area (Å²) in [5.41, 5.74) is 4.34. The Morgan fingerprint density at radius 3 is 2.78 bits per heavy atom. The van der Waals surface area contributed by atoms with Gasteiger partial charge in [0.25, 0.3) is 0 Å². The highest BCUT2D eigenvalue weighted by molar-refractivity contribution is 6.15. The monoisotopic (exact) mass is 308 g/mol. The van der Waals surface area contributed by atoms with Crippen molar-refractivity contribution in [3.63, 3.8) is 0 Å².